The Bertz CT molecular complexity index is 2390. The molecular formula is C44H32O. The van der Waals surface area contributed by atoms with Gasteiger partial charge in [0.1, 0.15) is 11.2 Å². The SMILES string of the molecule is C/C=C\C(=C/C)c1cccc(-c2c3ccccc3c(-c3cccc(-c4ccc5oc6ccccc6c5c4)c3)c3ccccc23)c1. The van der Waals surface area contributed by atoms with Crippen molar-refractivity contribution in [1.82, 2.24) is 0 Å². The van der Waals surface area contributed by atoms with Crippen LogP contribution in [-0.4, -0.2) is 0 Å². The molecule has 0 aliphatic heterocycles. The standard InChI is InChI=1S/C44H32O/c1-3-13-29(4-2)30-14-11-16-33(26-30)43-36-19-5-7-21-38(36)44(39-22-8-6-20-37(39)43)34-17-12-15-31(27-34)32-24-25-42-40(28-32)35-18-9-10-23-41(35)45-42/h3-28H,1-2H3/b13-3-,29-4+. The van der Waals surface area contributed by atoms with Crippen molar-refractivity contribution >= 4 is 49.1 Å². The molecule has 7 aromatic carbocycles. The summed E-state index contributed by atoms with van der Waals surface area (Å²) >= 11 is 0. The minimum Gasteiger partial charge on any atom is -0.456 e. The van der Waals surface area contributed by atoms with Crippen LogP contribution < -0.4 is 0 Å². The van der Waals surface area contributed by atoms with E-state index in [2.05, 4.69) is 159 Å². The first-order chi connectivity index (χ1) is 22.2. The summed E-state index contributed by atoms with van der Waals surface area (Å²) in [6.07, 6.45) is 6.46. The molecule has 1 heteroatoms. The Morgan fingerprint density at radius 3 is 1.62 bits per heavy atom. The lowest BCUT2D eigenvalue weighted by Crippen LogP contribution is -1.92. The molecule has 0 aliphatic rings. The Morgan fingerprint density at radius 1 is 0.444 bits per heavy atom. The molecule has 0 saturated heterocycles. The Hall–Kier alpha value is -5.66. The molecule has 0 spiro atoms. The maximum absolute atomic E-state index is 6.11. The number of allylic oxidation sites excluding steroid dienone is 4. The molecule has 0 saturated carbocycles. The minimum atomic E-state index is 0.917. The number of para-hydroxylation sites is 1. The van der Waals surface area contributed by atoms with Crippen LogP contribution in [0.15, 0.2) is 162 Å². The highest BCUT2D eigenvalue weighted by atomic mass is 16.3. The molecule has 0 unspecified atom stereocenters. The maximum Gasteiger partial charge on any atom is 0.135 e. The van der Waals surface area contributed by atoms with Gasteiger partial charge in [0.05, 0.1) is 0 Å². The molecular weight excluding hydrogens is 544 g/mol. The zero-order valence-corrected chi connectivity index (χ0v) is 25.4. The van der Waals surface area contributed by atoms with Crippen LogP contribution in [0.2, 0.25) is 0 Å². The van der Waals surface area contributed by atoms with E-state index in [9.17, 15) is 0 Å². The second kappa shape index (κ2) is 11.1. The normalized spacial score (nSPS) is 12.3. The van der Waals surface area contributed by atoms with Crippen LogP contribution in [0.3, 0.4) is 0 Å². The number of rotatable bonds is 5. The third kappa shape index (κ3) is 4.56. The van der Waals surface area contributed by atoms with Crippen molar-refractivity contribution in [3.63, 3.8) is 0 Å². The average Bonchev–Trinajstić information content (AvgIpc) is 3.47. The molecule has 1 nitrogen and oxygen atoms in total. The number of benzene rings is 7. The van der Waals surface area contributed by atoms with Gasteiger partial charge < -0.3 is 4.42 Å². The summed E-state index contributed by atoms with van der Waals surface area (Å²) in [4.78, 5) is 0. The molecule has 0 radical (unpaired) electrons. The lowest BCUT2D eigenvalue weighted by atomic mass is 9.85. The van der Waals surface area contributed by atoms with E-state index in [1.807, 2.05) is 12.1 Å². The molecule has 1 aromatic heterocycles. The third-order valence-corrected chi connectivity index (χ3v) is 8.93. The Balaban J connectivity index is 1.35. The number of hydrogen-bond acceptors (Lipinski definition) is 1. The van der Waals surface area contributed by atoms with Crippen LogP contribution in [0.25, 0.3) is 82.4 Å². The Kier molecular flexibility index (Phi) is 6.65. The monoisotopic (exact) mass is 576 g/mol. The van der Waals surface area contributed by atoms with E-state index >= 15 is 0 Å². The second-order valence-corrected chi connectivity index (χ2v) is 11.6. The van der Waals surface area contributed by atoms with Crippen LogP contribution in [0, 0.1) is 0 Å². The fraction of sp³-hybridized carbons (Fsp3) is 0.0455. The van der Waals surface area contributed by atoms with Gasteiger partial charge in [0.15, 0.2) is 0 Å². The van der Waals surface area contributed by atoms with Crippen molar-refractivity contribution in [3.05, 3.63) is 163 Å². The molecule has 45 heavy (non-hydrogen) atoms. The van der Waals surface area contributed by atoms with Gasteiger partial charge in [-0.3, -0.25) is 0 Å². The first kappa shape index (κ1) is 26.9. The molecule has 0 aliphatic carbocycles. The first-order valence-corrected chi connectivity index (χ1v) is 15.6. The largest absolute Gasteiger partial charge is 0.456 e. The molecule has 214 valence electrons. The van der Waals surface area contributed by atoms with E-state index in [-0.39, 0.29) is 0 Å². The van der Waals surface area contributed by atoms with E-state index < -0.39 is 0 Å². The van der Waals surface area contributed by atoms with Gasteiger partial charge in [-0.15, -0.1) is 0 Å². The van der Waals surface area contributed by atoms with Crippen molar-refractivity contribution in [3.8, 4) is 33.4 Å². The molecule has 0 atom stereocenters. The summed E-state index contributed by atoms with van der Waals surface area (Å²) in [6, 6.07) is 50.5. The van der Waals surface area contributed by atoms with Gasteiger partial charge >= 0.3 is 0 Å². The fourth-order valence-electron chi connectivity index (χ4n) is 6.90. The predicted molar refractivity (Wildman–Crippen MR) is 194 cm³/mol. The average molecular weight is 577 g/mol. The lowest BCUT2D eigenvalue weighted by Gasteiger charge is -2.18. The van der Waals surface area contributed by atoms with E-state index in [0.717, 1.165) is 21.9 Å². The highest BCUT2D eigenvalue weighted by molar-refractivity contribution is 6.21. The van der Waals surface area contributed by atoms with Crippen LogP contribution in [0.4, 0.5) is 0 Å². The van der Waals surface area contributed by atoms with Crippen molar-refractivity contribution in [2.45, 2.75) is 13.8 Å². The number of hydrogen-bond donors (Lipinski definition) is 0. The number of fused-ring (bicyclic) bond motifs is 5. The Morgan fingerprint density at radius 2 is 0.978 bits per heavy atom. The second-order valence-electron chi connectivity index (χ2n) is 11.6. The smallest absolute Gasteiger partial charge is 0.135 e. The van der Waals surface area contributed by atoms with Crippen LogP contribution in [0.5, 0.6) is 0 Å². The predicted octanol–water partition coefficient (Wildman–Crippen LogP) is 12.9. The van der Waals surface area contributed by atoms with Crippen molar-refractivity contribution in [2.75, 3.05) is 0 Å². The van der Waals surface area contributed by atoms with E-state index in [4.69, 9.17) is 4.42 Å². The summed E-state index contributed by atoms with van der Waals surface area (Å²) < 4.78 is 6.11. The highest BCUT2D eigenvalue weighted by Crippen LogP contribution is 2.44. The molecule has 0 amide bonds. The summed E-state index contributed by atoms with van der Waals surface area (Å²) in [7, 11) is 0. The molecule has 8 rings (SSSR count). The van der Waals surface area contributed by atoms with Gasteiger partial charge in [-0.05, 0) is 110 Å². The van der Waals surface area contributed by atoms with Crippen LogP contribution in [-0.2, 0) is 0 Å². The minimum absolute atomic E-state index is 0.917. The summed E-state index contributed by atoms with van der Waals surface area (Å²) in [5, 5.41) is 7.32. The van der Waals surface area contributed by atoms with Crippen LogP contribution in [0.1, 0.15) is 19.4 Å². The van der Waals surface area contributed by atoms with Gasteiger partial charge in [0.25, 0.3) is 0 Å². The summed E-state index contributed by atoms with van der Waals surface area (Å²) in [6.45, 7) is 4.17. The molecule has 0 fully saturated rings. The van der Waals surface area contributed by atoms with Crippen molar-refractivity contribution in [2.24, 2.45) is 0 Å². The third-order valence-electron chi connectivity index (χ3n) is 8.93. The molecule has 8 aromatic rings. The van der Waals surface area contributed by atoms with Gasteiger partial charge in [-0.25, -0.2) is 0 Å². The Labute approximate surface area is 263 Å². The van der Waals surface area contributed by atoms with Gasteiger partial charge in [0.2, 0.25) is 0 Å². The van der Waals surface area contributed by atoms with Crippen LogP contribution >= 0.6 is 0 Å². The summed E-state index contributed by atoms with van der Waals surface area (Å²) in [5.41, 5.74) is 11.6. The zero-order valence-electron chi connectivity index (χ0n) is 25.4. The van der Waals surface area contributed by atoms with Gasteiger partial charge in [0, 0.05) is 10.8 Å². The fourth-order valence-corrected chi connectivity index (χ4v) is 6.90. The molecule has 0 bridgehead atoms. The van der Waals surface area contributed by atoms with Gasteiger partial charge in [-0.2, -0.15) is 0 Å². The van der Waals surface area contributed by atoms with E-state index in [1.165, 1.54) is 66.1 Å². The number of furan rings is 1. The quantitative estimate of drug-likeness (QED) is 0.147. The highest BCUT2D eigenvalue weighted by Gasteiger charge is 2.17. The van der Waals surface area contributed by atoms with Gasteiger partial charge in [-0.1, -0.05) is 127 Å². The zero-order chi connectivity index (χ0) is 30.3. The molecule has 1 heterocycles. The van der Waals surface area contributed by atoms with E-state index in [0.29, 0.717) is 0 Å². The maximum atomic E-state index is 6.11. The van der Waals surface area contributed by atoms with Crippen molar-refractivity contribution in [1.29, 1.82) is 0 Å². The molecule has 0 N–H and O–H groups in total. The summed E-state index contributed by atoms with van der Waals surface area (Å²) in [5.74, 6) is 0. The topological polar surface area (TPSA) is 13.1 Å². The van der Waals surface area contributed by atoms with Crippen molar-refractivity contribution < 1.29 is 4.42 Å². The first-order valence-electron chi connectivity index (χ1n) is 15.6. The van der Waals surface area contributed by atoms with E-state index in [1.54, 1.807) is 0 Å². The lowest BCUT2D eigenvalue weighted by molar-refractivity contribution is 0.669.